The molecule has 8 heteroatoms. The van der Waals surface area contributed by atoms with E-state index in [0.29, 0.717) is 38.5 Å². The first-order valence-electron chi connectivity index (χ1n) is 9.70. The first-order valence-corrected chi connectivity index (χ1v) is 9.70. The normalized spacial score (nSPS) is 15.8. The first-order chi connectivity index (χ1) is 13.5. The summed E-state index contributed by atoms with van der Waals surface area (Å²) < 4.78 is 15.4. The van der Waals surface area contributed by atoms with Crippen molar-refractivity contribution in [2.75, 3.05) is 45.5 Å². The van der Waals surface area contributed by atoms with E-state index >= 15 is 0 Å². The molecular weight excluding hydrogens is 364 g/mol. The fraction of sp³-hybridized carbons (Fsp3) is 0.650. The zero-order valence-corrected chi connectivity index (χ0v) is 16.9. The molecule has 0 amide bonds. The number of nitrogens with zero attached hydrogens (tertiary/aromatic N) is 2. The summed E-state index contributed by atoms with van der Waals surface area (Å²) in [4.78, 5) is 25.3. The Morgan fingerprint density at radius 2 is 2.07 bits per heavy atom. The zero-order chi connectivity index (χ0) is 20.5. The minimum atomic E-state index is -0.344. The molecule has 1 aliphatic heterocycles. The van der Waals surface area contributed by atoms with Crippen LogP contribution in [-0.2, 0) is 19.0 Å². The van der Waals surface area contributed by atoms with E-state index in [2.05, 4.69) is 4.90 Å². The van der Waals surface area contributed by atoms with Crippen LogP contribution in [0.3, 0.4) is 0 Å². The molecule has 0 bridgehead atoms. The molecule has 1 aromatic carbocycles. The molecule has 1 aromatic rings. The summed E-state index contributed by atoms with van der Waals surface area (Å²) in [6.07, 6.45) is 2.54. The average Bonchev–Trinajstić information content (AvgIpc) is 2.72. The van der Waals surface area contributed by atoms with Crippen molar-refractivity contribution in [1.29, 1.82) is 0 Å². The van der Waals surface area contributed by atoms with E-state index in [0.717, 1.165) is 18.4 Å². The molecule has 1 saturated heterocycles. The Kier molecular flexibility index (Phi) is 8.66. The lowest BCUT2D eigenvalue weighted by molar-refractivity contribution is -0.384. The predicted molar refractivity (Wildman–Crippen MR) is 106 cm³/mol. The van der Waals surface area contributed by atoms with Crippen molar-refractivity contribution < 1.29 is 23.9 Å². The molecule has 28 heavy (non-hydrogen) atoms. The van der Waals surface area contributed by atoms with Crippen LogP contribution in [0.15, 0.2) is 18.2 Å². The van der Waals surface area contributed by atoms with Crippen LogP contribution in [0.2, 0.25) is 0 Å². The molecule has 0 spiro atoms. The van der Waals surface area contributed by atoms with Gasteiger partial charge < -0.3 is 19.1 Å². The second-order valence-electron chi connectivity index (χ2n) is 6.92. The van der Waals surface area contributed by atoms with Crippen molar-refractivity contribution in [3.05, 3.63) is 33.9 Å². The summed E-state index contributed by atoms with van der Waals surface area (Å²) in [5.41, 5.74) is 1.43. The Hall–Kier alpha value is -2.19. The summed E-state index contributed by atoms with van der Waals surface area (Å²) in [6, 6.07) is 5.47. The molecule has 8 nitrogen and oxygen atoms in total. The number of anilines is 1. The van der Waals surface area contributed by atoms with Gasteiger partial charge in [-0.3, -0.25) is 14.9 Å². The molecule has 1 aliphatic rings. The number of carbonyl (C=O) groups excluding carboxylic acids is 1. The molecule has 0 aliphatic carbocycles. The van der Waals surface area contributed by atoms with Gasteiger partial charge in [0, 0.05) is 39.0 Å². The Morgan fingerprint density at radius 1 is 1.36 bits per heavy atom. The van der Waals surface area contributed by atoms with E-state index < -0.39 is 0 Å². The highest BCUT2D eigenvalue weighted by Crippen LogP contribution is 2.36. The number of rotatable bonds is 10. The van der Waals surface area contributed by atoms with Gasteiger partial charge in [-0.2, -0.15) is 0 Å². The van der Waals surface area contributed by atoms with Gasteiger partial charge in [0.15, 0.2) is 0 Å². The summed E-state index contributed by atoms with van der Waals surface area (Å²) in [5, 5.41) is 11.9. The minimum absolute atomic E-state index is 0.0587. The highest BCUT2D eigenvalue weighted by molar-refractivity contribution is 5.71. The number of ether oxygens (including phenoxy) is 3. The highest BCUT2D eigenvalue weighted by Gasteiger charge is 2.28. The number of carbonyl (C=O) groups is 1. The molecule has 0 radical (unpaired) electrons. The van der Waals surface area contributed by atoms with Crippen molar-refractivity contribution >= 4 is 17.3 Å². The number of benzene rings is 1. The van der Waals surface area contributed by atoms with Crippen LogP contribution in [0.5, 0.6) is 0 Å². The molecule has 1 unspecified atom stereocenters. The number of hydrogen-bond acceptors (Lipinski definition) is 7. The number of methoxy groups -OCH3 is 2. The fourth-order valence-corrected chi connectivity index (χ4v) is 3.65. The van der Waals surface area contributed by atoms with Crippen molar-refractivity contribution in [1.82, 2.24) is 0 Å². The molecule has 156 valence electrons. The summed E-state index contributed by atoms with van der Waals surface area (Å²) in [6.45, 7) is 4.31. The van der Waals surface area contributed by atoms with Crippen LogP contribution < -0.4 is 4.90 Å². The molecule has 0 saturated carbocycles. The van der Waals surface area contributed by atoms with Crippen molar-refractivity contribution in [3.63, 3.8) is 0 Å². The molecular formula is C20H30N2O6. The van der Waals surface area contributed by atoms with Crippen LogP contribution in [0.25, 0.3) is 0 Å². The third-order valence-electron chi connectivity index (χ3n) is 5.28. The number of esters is 1. The van der Waals surface area contributed by atoms with Gasteiger partial charge in [-0.15, -0.1) is 0 Å². The Labute approximate surface area is 165 Å². The smallest absolute Gasteiger partial charge is 0.306 e. The monoisotopic (exact) mass is 394 g/mol. The summed E-state index contributed by atoms with van der Waals surface area (Å²) in [7, 11) is 2.97. The summed E-state index contributed by atoms with van der Waals surface area (Å²) in [5.74, 6) is -0.432. The maximum absolute atomic E-state index is 11.9. The Balaban J connectivity index is 2.37. The Bertz CT molecular complexity index is 660. The zero-order valence-electron chi connectivity index (χ0n) is 16.9. The van der Waals surface area contributed by atoms with E-state index in [1.54, 1.807) is 19.2 Å². The quantitative estimate of drug-likeness (QED) is 0.342. The number of nitro groups is 1. The van der Waals surface area contributed by atoms with Gasteiger partial charge in [-0.25, -0.2) is 0 Å². The van der Waals surface area contributed by atoms with E-state index in [-0.39, 0.29) is 35.0 Å². The lowest BCUT2D eigenvalue weighted by Gasteiger charge is -2.35. The van der Waals surface area contributed by atoms with Crippen molar-refractivity contribution in [2.24, 2.45) is 0 Å². The number of nitro benzene ring substituents is 1. The number of hydrogen-bond donors (Lipinski definition) is 0. The molecule has 1 heterocycles. The first kappa shape index (κ1) is 22.1. The van der Waals surface area contributed by atoms with Gasteiger partial charge >= 0.3 is 5.97 Å². The van der Waals surface area contributed by atoms with Gasteiger partial charge in [0.05, 0.1) is 25.1 Å². The molecule has 2 rings (SSSR count). The third-order valence-corrected chi connectivity index (χ3v) is 5.28. The maximum Gasteiger partial charge on any atom is 0.306 e. The molecule has 1 fully saturated rings. The van der Waals surface area contributed by atoms with Gasteiger partial charge in [-0.1, -0.05) is 13.0 Å². The lowest BCUT2D eigenvalue weighted by Crippen LogP contribution is -2.41. The Morgan fingerprint density at radius 3 is 2.64 bits per heavy atom. The SMILES string of the molecule is CCC(CC(=O)OC)c1ccc(N(CCOC)C2CCOCC2)c([N+](=O)[O-])c1. The van der Waals surface area contributed by atoms with Gasteiger partial charge in [0.25, 0.3) is 5.69 Å². The average molecular weight is 394 g/mol. The second kappa shape index (κ2) is 11.0. The molecule has 1 atom stereocenters. The van der Waals surface area contributed by atoms with Crippen LogP contribution >= 0.6 is 0 Å². The van der Waals surface area contributed by atoms with Gasteiger partial charge in [0.1, 0.15) is 5.69 Å². The van der Waals surface area contributed by atoms with Crippen LogP contribution in [0.1, 0.15) is 44.1 Å². The van der Waals surface area contributed by atoms with E-state index in [4.69, 9.17) is 14.2 Å². The lowest BCUT2D eigenvalue weighted by atomic mass is 9.92. The van der Waals surface area contributed by atoms with Gasteiger partial charge in [0.2, 0.25) is 0 Å². The molecule has 0 aromatic heterocycles. The predicted octanol–water partition coefficient (Wildman–Crippen LogP) is 3.28. The second-order valence-corrected chi connectivity index (χ2v) is 6.92. The largest absolute Gasteiger partial charge is 0.469 e. The summed E-state index contributed by atoms with van der Waals surface area (Å²) >= 11 is 0. The topological polar surface area (TPSA) is 91.1 Å². The maximum atomic E-state index is 11.9. The van der Waals surface area contributed by atoms with E-state index in [1.807, 2.05) is 13.0 Å². The van der Waals surface area contributed by atoms with Crippen LogP contribution in [0.4, 0.5) is 11.4 Å². The third kappa shape index (κ3) is 5.65. The fourth-order valence-electron chi connectivity index (χ4n) is 3.65. The van der Waals surface area contributed by atoms with Crippen molar-refractivity contribution in [3.8, 4) is 0 Å². The van der Waals surface area contributed by atoms with E-state index in [9.17, 15) is 14.9 Å². The van der Waals surface area contributed by atoms with Gasteiger partial charge in [-0.05, 0) is 36.8 Å². The van der Waals surface area contributed by atoms with Crippen molar-refractivity contribution in [2.45, 2.75) is 44.6 Å². The van der Waals surface area contributed by atoms with E-state index in [1.165, 1.54) is 7.11 Å². The minimum Gasteiger partial charge on any atom is -0.469 e. The highest BCUT2D eigenvalue weighted by atomic mass is 16.6. The molecule has 0 N–H and O–H groups in total. The van der Waals surface area contributed by atoms with Crippen LogP contribution in [0, 0.1) is 10.1 Å². The van der Waals surface area contributed by atoms with Crippen LogP contribution in [-0.4, -0.2) is 57.5 Å². The standard InChI is InChI=1S/C20H30N2O6/c1-4-15(14-20(23)27-3)16-5-6-18(19(13-16)22(24)25)21(9-12-26-2)17-7-10-28-11-8-17/h5-6,13,15,17H,4,7-12,14H2,1-3H3.